The van der Waals surface area contributed by atoms with Crippen LogP contribution in [0.4, 0.5) is 30.8 Å². The number of aromatic nitrogens is 2. The number of amides is 3. The SMILES string of the molecule is O=C(NC(=O)c1c(F)cccc1F)Nc1ccc2c(Nc3ccccc3)ncnc2c1. The minimum Gasteiger partial charge on any atom is -0.340 e. The highest BCUT2D eigenvalue weighted by atomic mass is 19.1. The Morgan fingerprint density at radius 2 is 1.55 bits per heavy atom. The molecule has 154 valence electrons. The van der Waals surface area contributed by atoms with Crippen LogP contribution in [-0.2, 0) is 0 Å². The Hall–Kier alpha value is -4.40. The molecule has 3 N–H and O–H groups in total. The number of rotatable bonds is 4. The molecule has 1 aromatic heterocycles. The van der Waals surface area contributed by atoms with Gasteiger partial charge in [0.05, 0.1) is 5.52 Å². The van der Waals surface area contributed by atoms with E-state index in [1.165, 1.54) is 6.33 Å². The summed E-state index contributed by atoms with van der Waals surface area (Å²) in [6.45, 7) is 0. The van der Waals surface area contributed by atoms with Gasteiger partial charge in [-0.15, -0.1) is 0 Å². The fourth-order valence-electron chi connectivity index (χ4n) is 2.94. The van der Waals surface area contributed by atoms with E-state index in [1.54, 1.807) is 18.2 Å². The lowest BCUT2D eigenvalue weighted by Crippen LogP contribution is -2.35. The van der Waals surface area contributed by atoms with Crippen molar-refractivity contribution in [1.29, 1.82) is 0 Å². The lowest BCUT2D eigenvalue weighted by molar-refractivity contribution is 0.0959. The van der Waals surface area contributed by atoms with E-state index in [1.807, 2.05) is 35.6 Å². The predicted molar refractivity (Wildman–Crippen MR) is 112 cm³/mol. The number of carbonyl (C=O) groups excluding carboxylic acids is 2. The van der Waals surface area contributed by atoms with Crippen molar-refractivity contribution in [2.45, 2.75) is 0 Å². The average molecular weight is 419 g/mol. The Morgan fingerprint density at radius 3 is 2.29 bits per heavy atom. The molecule has 3 aromatic carbocycles. The van der Waals surface area contributed by atoms with Crippen LogP contribution in [0.3, 0.4) is 0 Å². The molecule has 7 nitrogen and oxygen atoms in total. The van der Waals surface area contributed by atoms with Crippen molar-refractivity contribution in [2.24, 2.45) is 0 Å². The maximum atomic E-state index is 13.7. The van der Waals surface area contributed by atoms with Gasteiger partial charge in [0.2, 0.25) is 0 Å². The summed E-state index contributed by atoms with van der Waals surface area (Å²) in [5, 5.41) is 8.26. The molecule has 0 saturated carbocycles. The van der Waals surface area contributed by atoms with Crippen LogP contribution < -0.4 is 16.0 Å². The maximum Gasteiger partial charge on any atom is 0.326 e. The first-order chi connectivity index (χ1) is 15.0. The lowest BCUT2D eigenvalue weighted by atomic mass is 10.2. The van der Waals surface area contributed by atoms with Crippen molar-refractivity contribution >= 4 is 40.0 Å². The Labute approximate surface area is 175 Å². The molecular formula is C22H15F2N5O2. The minimum atomic E-state index is -1.19. The van der Waals surface area contributed by atoms with Crippen LogP contribution in [0.25, 0.3) is 10.9 Å². The van der Waals surface area contributed by atoms with E-state index >= 15 is 0 Å². The molecule has 4 aromatic rings. The van der Waals surface area contributed by atoms with Gasteiger partial charge in [0.15, 0.2) is 0 Å². The Balaban J connectivity index is 1.50. The van der Waals surface area contributed by atoms with Crippen LogP contribution in [0.2, 0.25) is 0 Å². The first kappa shape index (κ1) is 19.9. The minimum absolute atomic E-state index is 0.330. The number of fused-ring (bicyclic) bond motifs is 1. The Morgan fingerprint density at radius 1 is 0.806 bits per heavy atom. The van der Waals surface area contributed by atoms with Crippen LogP contribution in [0.5, 0.6) is 0 Å². The summed E-state index contributed by atoms with van der Waals surface area (Å²) >= 11 is 0. The third-order valence-corrected chi connectivity index (χ3v) is 4.35. The first-order valence-corrected chi connectivity index (χ1v) is 9.14. The van der Waals surface area contributed by atoms with Gasteiger partial charge in [-0.2, -0.15) is 0 Å². The van der Waals surface area contributed by atoms with E-state index in [2.05, 4.69) is 20.6 Å². The van der Waals surface area contributed by atoms with Crippen LogP contribution in [-0.4, -0.2) is 21.9 Å². The van der Waals surface area contributed by atoms with Gasteiger partial charge >= 0.3 is 6.03 Å². The van der Waals surface area contributed by atoms with Crippen molar-refractivity contribution in [3.05, 3.63) is 90.3 Å². The predicted octanol–water partition coefficient (Wildman–Crippen LogP) is 4.61. The van der Waals surface area contributed by atoms with Crippen molar-refractivity contribution in [3.63, 3.8) is 0 Å². The van der Waals surface area contributed by atoms with E-state index in [4.69, 9.17) is 0 Å². The summed E-state index contributed by atoms with van der Waals surface area (Å²) in [5.41, 5.74) is 0.886. The molecule has 3 amide bonds. The van der Waals surface area contributed by atoms with Gasteiger partial charge in [-0.25, -0.2) is 23.5 Å². The highest BCUT2D eigenvalue weighted by molar-refractivity contribution is 6.08. The lowest BCUT2D eigenvalue weighted by Gasteiger charge is -2.10. The highest BCUT2D eigenvalue weighted by Gasteiger charge is 2.19. The zero-order valence-corrected chi connectivity index (χ0v) is 15.9. The largest absolute Gasteiger partial charge is 0.340 e. The fraction of sp³-hybridized carbons (Fsp3) is 0. The van der Waals surface area contributed by atoms with Crippen molar-refractivity contribution < 1.29 is 18.4 Å². The number of anilines is 3. The molecule has 1 heterocycles. The zero-order chi connectivity index (χ0) is 21.8. The van der Waals surface area contributed by atoms with Crippen LogP contribution >= 0.6 is 0 Å². The normalized spacial score (nSPS) is 10.5. The number of para-hydroxylation sites is 1. The first-order valence-electron chi connectivity index (χ1n) is 9.14. The number of benzene rings is 3. The molecule has 0 aliphatic rings. The highest BCUT2D eigenvalue weighted by Crippen LogP contribution is 2.25. The molecule has 0 unspecified atom stereocenters. The molecule has 0 atom stereocenters. The summed E-state index contributed by atoms with van der Waals surface area (Å²) in [7, 11) is 0. The number of nitrogens with zero attached hydrogens (tertiary/aromatic N) is 2. The van der Waals surface area contributed by atoms with E-state index < -0.39 is 29.1 Å². The molecule has 0 spiro atoms. The molecule has 0 radical (unpaired) electrons. The summed E-state index contributed by atoms with van der Waals surface area (Å²) in [5.74, 6) is -2.74. The van der Waals surface area contributed by atoms with Crippen molar-refractivity contribution in [3.8, 4) is 0 Å². The topological polar surface area (TPSA) is 96.0 Å². The van der Waals surface area contributed by atoms with Crippen molar-refractivity contribution in [1.82, 2.24) is 15.3 Å². The number of hydrogen-bond acceptors (Lipinski definition) is 5. The number of nitrogens with one attached hydrogen (secondary N) is 3. The molecule has 31 heavy (non-hydrogen) atoms. The van der Waals surface area contributed by atoms with Gasteiger partial charge in [-0.3, -0.25) is 10.1 Å². The van der Waals surface area contributed by atoms with Crippen molar-refractivity contribution in [2.75, 3.05) is 10.6 Å². The van der Waals surface area contributed by atoms with Gasteiger partial charge in [0.1, 0.15) is 29.3 Å². The standard InChI is InChI=1S/C22H15F2N5O2/c23-16-7-4-8-17(24)19(16)21(30)29-22(31)28-14-9-10-15-18(11-14)25-12-26-20(15)27-13-5-2-1-3-6-13/h1-12H,(H,25,26,27)(H2,28,29,30,31). The van der Waals surface area contributed by atoms with E-state index in [9.17, 15) is 18.4 Å². The van der Waals surface area contributed by atoms with E-state index in [0.717, 1.165) is 23.9 Å². The molecule has 0 aliphatic carbocycles. The van der Waals surface area contributed by atoms with Crippen LogP contribution in [0, 0.1) is 11.6 Å². The smallest absolute Gasteiger partial charge is 0.326 e. The molecule has 9 heteroatoms. The molecule has 4 rings (SSSR count). The van der Waals surface area contributed by atoms with Gasteiger partial charge < -0.3 is 10.6 Å². The van der Waals surface area contributed by atoms with E-state index in [0.29, 0.717) is 22.4 Å². The monoisotopic (exact) mass is 419 g/mol. The molecular weight excluding hydrogens is 404 g/mol. The fourth-order valence-corrected chi connectivity index (χ4v) is 2.94. The van der Waals surface area contributed by atoms with Gasteiger partial charge in [-0.1, -0.05) is 24.3 Å². The van der Waals surface area contributed by atoms with Gasteiger partial charge in [0, 0.05) is 16.8 Å². The molecule has 0 bridgehead atoms. The molecule has 0 aliphatic heterocycles. The number of halogens is 2. The third-order valence-electron chi connectivity index (χ3n) is 4.35. The number of hydrogen-bond donors (Lipinski definition) is 3. The van der Waals surface area contributed by atoms with Gasteiger partial charge in [-0.05, 0) is 42.5 Å². The summed E-state index contributed by atoms with van der Waals surface area (Å²) in [6.07, 6.45) is 1.38. The Kier molecular flexibility index (Phi) is 5.48. The van der Waals surface area contributed by atoms with Crippen LogP contribution in [0.1, 0.15) is 10.4 Å². The number of urea groups is 1. The van der Waals surface area contributed by atoms with Gasteiger partial charge in [0.25, 0.3) is 5.91 Å². The Bertz CT molecular complexity index is 1260. The number of imide groups is 1. The molecule has 0 saturated heterocycles. The second-order valence-electron chi connectivity index (χ2n) is 6.45. The molecule has 0 fully saturated rings. The number of carbonyl (C=O) groups is 2. The summed E-state index contributed by atoms with van der Waals surface area (Å²) < 4.78 is 27.4. The second-order valence-corrected chi connectivity index (χ2v) is 6.45. The summed E-state index contributed by atoms with van der Waals surface area (Å²) in [6, 6.07) is 16.4. The van der Waals surface area contributed by atoms with Crippen LogP contribution in [0.15, 0.2) is 73.1 Å². The maximum absolute atomic E-state index is 13.7. The third kappa shape index (κ3) is 4.45. The quantitative estimate of drug-likeness (QED) is 0.449. The van der Waals surface area contributed by atoms with E-state index in [-0.39, 0.29) is 0 Å². The second kappa shape index (κ2) is 8.54. The summed E-state index contributed by atoms with van der Waals surface area (Å²) in [4.78, 5) is 32.6. The zero-order valence-electron chi connectivity index (χ0n) is 15.9. The average Bonchev–Trinajstić information content (AvgIpc) is 2.74.